The molecular formula is C11H8BrNO4. The molecule has 0 fully saturated rings. The van der Waals surface area contributed by atoms with Gasteiger partial charge in [0.1, 0.15) is 6.04 Å². The van der Waals surface area contributed by atoms with Gasteiger partial charge in [0, 0.05) is 4.47 Å². The molecule has 88 valence electrons. The van der Waals surface area contributed by atoms with Crippen molar-refractivity contribution < 1.29 is 19.5 Å². The average molecular weight is 298 g/mol. The second kappa shape index (κ2) is 3.96. The van der Waals surface area contributed by atoms with Crippen molar-refractivity contribution in [2.24, 2.45) is 0 Å². The number of aliphatic carboxylic acids is 1. The quantitative estimate of drug-likeness (QED) is 0.839. The van der Waals surface area contributed by atoms with E-state index in [2.05, 4.69) is 15.9 Å². The van der Waals surface area contributed by atoms with Crippen LogP contribution in [0.1, 0.15) is 17.3 Å². The van der Waals surface area contributed by atoms with E-state index in [-0.39, 0.29) is 5.56 Å². The molecule has 1 aliphatic rings. The maximum Gasteiger partial charge on any atom is 0.326 e. The number of ketones is 1. The van der Waals surface area contributed by atoms with Crippen molar-refractivity contribution in [1.29, 1.82) is 0 Å². The van der Waals surface area contributed by atoms with E-state index < -0.39 is 23.7 Å². The van der Waals surface area contributed by atoms with Crippen LogP contribution in [0.3, 0.4) is 0 Å². The molecule has 6 heteroatoms. The number of hydrogen-bond donors (Lipinski definition) is 1. The monoisotopic (exact) mass is 297 g/mol. The summed E-state index contributed by atoms with van der Waals surface area (Å²) < 4.78 is 0.669. The van der Waals surface area contributed by atoms with E-state index in [0.717, 1.165) is 4.90 Å². The number of carboxylic acid groups (broad SMARTS) is 1. The minimum Gasteiger partial charge on any atom is -0.480 e. The standard InChI is InChI=1S/C11H8BrNO4/c1-5(11(16)17)13-8-3-2-6(12)4-7(8)9(14)10(13)15/h2-5H,1H3,(H,16,17)/t5-/m0/s1. The lowest BCUT2D eigenvalue weighted by atomic mass is 10.1. The largest absolute Gasteiger partial charge is 0.480 e. The van der Waals surface area contributed by atoms with E-state index >= 15 is 0 Å². The maximum absolute atomic E-state index is 11.7. The third kappa shape index (κ3) is 1.74. The number of carbonyl (C=O) groups is 3. The van der Waals surface area contributed by atoms with E-state index in [1.807, 2.05) is 0 Å². The minimum absolute atomic E-state index is 0.234. The Hall–Kier alpha value is -1.69. The van der Waals surface area contributed by atoms with Crippen LogP contribution >= 0.6 is 15.9 Å². The number of hydrogen-bond acceptors (Lipinski definition) is 3. The van der Waals surface area contributed by atoms with Gasteiger partial charge < -0.3 is 5.11 Å². The Balaban J connectivity index is 2.56. The highest BCUT2D eigenvalue weighted by molar-refractivity contribution is 9.10. The first kappa shape index (κ1) is 11.8. The van der Waals surface area contributed by atoms with Crippen LogP contribution in [0.4, 0.5) is 5.69 Å². The molecule has 0 unspecified atom stereocenters. The fraction of sp³-hybridized carbons (Fsp3) is 0.182. The third-order valence-electron chi connectivity index (χ3n) is 2.62. The second-order valence-electron chi connectivity index (χ2n) is 3.68. The molecule has 0 radical (unpaired) electrons. The Morgan fingerprint density at radius 3 is 2.65 bits per heavy atom. The lowest BCUT2D eigenvalue weighted by Gasteiger charge is -2.20. The number of halogens is 1. The average Bonchev–Trinajstić information content (AvgIpc) is 2.51. The lowest BCUT2D eigenvalue weighted by Crippen LogP contribution is -2.42. The lowest BCUT2D eigenvalue weighted by molar-refractivity contribution is -0.139. The molecule has 1 aromatic carbocycles. The summed E-state index contributed by atoms with van der Waals surface area (Å²) in [5.41, 5.74) is 0.579. The number of carbonyl (C=O) groups excluding carboxylic acids is 2. The molecule has 0 saturated carbocycles. The normalized spacial score (nSPS) is 16.0. The van der Waals surface area contributed by atoms with Gasteiger partial charge in [-0.2, -0.15) is 0 Å². The van der Waals surface area contributed by atoms with E-state index in [9.17, 15) is 14.4 Å². The molecule has 5 nitrogen and oxygen atoms in total. The summed E-state index contributed by atoms with van der Waals surface area (Å²) in [7, 11) is 0. The molecule has 0 aliphatic carbocycles. The van der Waals surface area contributed by atoms with Crippen LogP contribution in [-0.4, -0.2) is 28.8 Å². The summed E-state index contributed by atoms with van der Waals surface area (Å²) in [6.45, 7) is 1.37. The van der Waals surface area contributed by atoms with Crippen molar-refractivity contribution >= 4 is 39.3 Å². The van der Waals surface area contributed by atoms with Crippen molar-refractivity contribution in [1.82, 2.24) is 0 Å². The highest BCUT2D eigenvalue weighted by atomic mass is 79.9. The summed E-state index contributed by atoms with van der Waals surface area (Å²) in [5, 5.41) is 8.91. The smallest absolute Gasteiger partial charge is 0.326 e. The highest BCUT2D eigenvalue weighted by Crippen LogP contribution is 2.32. The van der Waals surface area contributed by atoms with E-state index in [1.54, 1.807) is 12.1 Å². The molecule has 1 amide bonds. The van der Waals surface area contributed by atoms with E-state index in [0.29, 0.717) is 10.2 Å². The van der Waals surface area contributed by atoms with Gasteiger partial charge in [0.25, 0.3) is 11.7 Å². The second-order valence-corrected chi connectivity index (χ2v) is 4.60. The van der Waals surface area contributed by atoms with Crippen LogP contribution in [0.15, 0.2) is 22.7 Å². The first-order valence-electron chi connectivity index (χ1n) is 4.83. The summed E-state index contributed by atoms with van der Waals surface area (Å²) in [6.07, 6.45) is 0. The Kier molecular flexibility index (Phi) is 2.74. The van der Waals surface area contributed by atoms with Gasteiger partial charge in [-0.3, -0.25) is 14.5 Å². The molecule has 17 heavy (non-hydrogen) atoms. The molecule has 0 saturated heterocycles. The van der Waals surface area contributed by atoms with Gasteiger partial charge >= 0.3 is 5.97 Å². The zero-order valence-electron chi connectivity index (χ0n) is 8.81. The molecule has 1 aromatic rings. The predicted molar refractivity (Wildman–Crippen MR) is 63.1 cm³/mol. The number of nitrogens with zero attached hydrogens (tertiary/aromatic N) is 1. The molecule has 0 aromatic heterocycles. The van der Waals surface area contributed by atoms with Crippen LogP contribution in [0, 0.1) is 0 Å². The Labute approximate surface area is 105 Å². The van der Waals surface area contributed by atoms with Gasteiger partial charge in [0.05, 0.1) is 11.3 Å². The number of anilines is 1. The summed E-state index contributed by atoms with van der Waals surface area (Å²) >= 11 is 3.20. The number of rotatable bonds is 2. The Morgan fingerprint density at radius 2 is 2.06 bits per heavy atom. The summed E-state index contributed by atoms with van der Waals surface area (Å²) in [5.74, 6) is -2.62. The fourth-order valence-corrected chi connectivity index (χ4v) is 2.09. The van der Waals surface area contributed by atoms with Gasteiger partial charge in [-0.25, -0.2) is 4.79 Å². The molecular weight excluding hydrogens is 290 g/mol. The summed E-state index contributed by atoms with van der Waals surface area (Å²) in [4.78, 5) is 35.3. The van der Waals surface area contributed by atoms with Crippen molar-refractivity contribution in [3.8, 4) is 0 Å². The van der Waals surface area contributed by atoms with Crippen LogP contribution in [-0.2, 0) is 9.59 Å². The molecule has 1 atom stereocenters. The first-order chi connectivity index (χ1) is 7.93. The first-order valence-corrected chi connectivity index (χ1v) is 5.63. The van der Waals surface area contributed by atoms with Gasteiger partial charge in [0.2, 0.25) is 0 Å². The van der Waals surface area contributed by atoms with Gasteiger partial charge in [-0.1, -0.05) is 15.9 Å². The molecule has 1 aliphatic heterocycles. The number of fused-ring (bicyclic) bond motifs is 1. The highest BCUT2D eigenvalue weighted by Gasteiger charge is 2.40. The van der Waals surface area contributed by atoms with Crippen LogP contribution in [0.2, 0.25) is 0 Å². The van der Waals surface area contributed by atoms with Crippen LogP contribution in [0.25, 0.3) is 0 Å². The number of Topliss-reactive ketones (excluding diaryl/α,β-unsaturated/α-hetero) is 1. The van der Waals surface area contributed by atoms with Crippen LogP contribution in [0.5, 0.6) is 0 Å². The predicted octanol–water partition coefficient (Wildman–Crippen LogP) is 1.45. The molecule has 1 heterocycles. The minimum atomic E-state index is -1.15. The Bertz CT molecular complexity index is 540. The van der Waals surface area contributed by atoms with Crippen LogP contribution < -0.4 is 4.90 Å². The number of carboxylic acids is 1. The molecule has 2 rings (SSSR count). The maximum atomic E-state index is 11.7. The zero-order chi connectivity index (χ0) is 12.7. The Morgan fingerprint density at radius 1 is 1.41 bits per heavy atom. The number of amides is 1. The SMILES string of the molecule is C[C@@H](C(=O)O)N1C(=O)C(=O)c2cc(Br)ccc21. The summed E-state index contributed by atoms with van der Waals surface area (Å²) in [6, 6.07) is 3.67. The zero-order valence-corrected chi connectivity index (χ0v) is 10.4. The third-order valence-corrected chi connectivity index (χ3v) is 3.11. The van der Waals surface area contributed by atoms with Gasteiger partial charge in [-0.05, 0) is 25.1 Å². The molecule has 0 bridgehead atoms. The van der Waals surface area contributed by atoms with Gasteiger partial charge in [0.15, 0.2) is 0 Å². The van der Waals surface area contributed by atoms with E-state index in [4.69, 9.17) is 5.11 Å². The fourth-order valence-electron chi connectivity index (χ4n) is 1.73. The van der Waals surface area contributed by atoms with Crippen molar-refractivity contribution in [3.05, 3.63) is 28.2 Å². The van der Waals surface area contributed by atoms with Crippen molar-refractivity contribution in [2.75, 3.05) is 4.90 Å². The van der Waals surface area contributed by atoms with E-state index in [1.165, 1.54) is 13.0 Å². The number of benzene rings is 1. The molecule has 1 N–H and O–H groups in total. The van der Waals surface area contributed by atoms with Crippen molar-refractivity contribution in [2.45, 2.75) is 13.0 Å². The van der Waals surface area contributed by atoms with Gasteiger partial charge in [-0.15, -0.1) is 0 Å². The molecule has 0 spiro atoms. The van der Waals surface area contributed by atoms with Crippen molar-refractivity contribution in [3.63, 3.8) is 0 Å². The topological polar surface area (TPSA) is 74.7 Å².